The first-order chi connectivity index (χ1) is 7.24. The van der Waals surface area contributed by atoms with E-state index in [9.17, 15) is 4.79 Å². The zero-order chi connectivity index (χ0) is 11.1. The fourth-order valence-electron chi connectivity index (χ4n) is 0.970. The average Bonchev–Trinajstić information content (AvgIpc) is 2.27. The van der Waals surface area contributed by atoms with Gasteiger partial charge < -0.3 is 10.1 Å². The number of carbonyl (C=O) groups is 1. The number of alkyl halides is 1. The summed E-state index contributed by atoms with van der Waals surface area (Å²) in [5, 5.41) is 9.61. The normalized spacial score (nSPS) is 12.1. The largest absolute Gasteiger partial charge is 0.383 e. The van der Waals surface area contributed by atoms with E-state index in [-0.39, 0.29) is 11.3 Å². The van der Waals surface area contributed by atoms with Gasteiger partial charge in [-0.05, 0) is 6.07 Å². The lowest BCUT2D eigenvalue weighted by Crippen LogP contribution is -2.31. The third-order valence-corrected chi connectivity index (χ3v) is 1.96. The van der Waals surface area contributed by atoms with Crippen molar-refractivity contribution in [2.24, 2.45) is 0 Å². The molecule has 0 saturated carbocycles. The molecule has 0 aliphatic carbocycles. The zero-order valence-corrected chi connectivity index (χ0v) is 9.07. The van der Waals surface area contributed by atoms with Gasteiger partial charge >= 0.3 is 0 Å². The van der Waals surface area contributed by atoms with E-state index < -0.39 is 0 Å². The van der Waals surface area contributed by atoms with Crippen molar-refractivity contribution in [1.82, 2.24) is 15.5 Å². The van der Waals surface area contributed by atoms with Crippen molar-refractivity contribution in [2.75, 3.05) is 20.3 Å². The maximum atomic E-state index is 11.5. The fraction of sp³-hybridized carbons (Fsp3) is 0.444. The Hall–Kier alpha value is -1.20. The Morgan fingerprint density at radius 2 is 2.47 bits per heavy atom. The lowest BCUT2D eigenvalue weighted by atomic mass is 10.3. The van der Waals surface area contributed by atoms with Crippen LogP contribution in [-0.2, 0) is 4.74 Å². The molecular weight excluding hydrogens is 218 g/mol. The molecule has 1 aromatic heterocycles. The molecule has 82 valence electrons. The van der Waals surface area contributed by atoms with Crippen molar-refractivity contribution in [3.05, 3.63) is 24.0 Å². The molecule has 1 N–H and O–H groups in total. The molecule has 15 heavy (non-hydrogen) atoms. The van der Waals surface area contributed by atoms with Gasteiger partial charge in [0.05, 0.1) is 29.9 Å². The summed E-state index contributed by atoms with van der Waals surface area (Å²) in [5.74, 6) is -0.216. The number of methoxy groups -OCH3 is 1. The fourth-order valence-corrected chi connectivity index (χ4v) is 1.17. The molecule has 1 aromatic rings. The third kappa shape index (κ3) is 4.22. The predicted octanol–water partition coefficient (Wildman–Crippen LogP) is 0.460. The van der Waals surface area contributed by atoms with E-state index in [4.69, 9.17) is 16.3 Å². The summed E-state index contributed by atoms with van der Waals surface area (Å²) >= 11 is 5.84. The van der Waals surface area contributed by atoms with Gasteiger partial charge in [0.2, 0.25) is 0 Å². The first-order valence-electron chi connectivity index (χ1n) is 4.42. The number of rotatable bonds is 5. The highest BCUT2D eigenvalue weighted by Crippen LogP contribution is 1.97. The highest BCUT2D eigenvalue weighted by molar-refractivity contribution is 6.21. The average molecular weight is 230 g/mol. The first kappa shape index (κ1) is 11.9. The Morgan fingerprint density at radius 3 is 3.07 bits per heavy atom. The quantitative estimate of drug-likeness (QED) is 0.746. The minimum absolute atomic E-state index is 0.216. The molecule has 0 fully saturated rings. The highest BCUT2D eigenvalue weighted by Gasteiger charge is 2.08. The summed E-state index contributed by atoms with van der Waals surface area (Å²) in [4.78, 5) is 11.5. The van der Waals surface area contributed by atoms with Crippen molar-refractivity contribution in [2.45, 2.75) is 5.38 Å². The van der Waals surface area contributed by atoms with E-state index in [0.29, 0.717) is 18.7 Å². The molecule has 0 spiro atoms. The second-order valence-corrected chi connectivity index (χ2v) is 3.51. The number of aromatic nitrogens is 2. The molecule has 1 rings (SSSR count). The minimum Gasteiger partial charge on any atom is -0.383 e. The van der Waals surface area contributed by atoms with Crippen LogP contribution in [0, 0.1) is 0 Å². The van der Waals surface area contributed by atoms with Crippen molar-refractivity contribution in [1.29, 1.82) is 0 Å². The molecule has 0 radical (unpaired) electrons. The maximum Gasteiger partial charge on any atom is 0.253 e. The van der Waals surface area contributed by atoms with Gasteiger partial charge in [-0.1, -0.05) is 0 Å². The summed E-state index contributed by atoms with van der Waals surface area (Å²) in [7, 11) is 1.56. The van der Waals surface area contributed by atoms with Gasteiger partial charge in [-0.3, -0.25) is 4.79 Å². The van der Waals surface area contributed by atoms with Crippen molar-refractivity contribution < 1.29 is 9.53 Å². The van der Waals surface area contributed by atoms with Gasteiger partial charge in [0.25, 0.3) is 5.91 Å². The van der Waals surface area contributed by atoms with Gasteiger partial charge in [-0.2, -0.15) is 10.2 Å². The van der Waals surface area contributed by atoms with Crippen molar-refractivity contribution in [3.8, 4) is 0 Å². The number of nitrogens with one attached hydrogen (secondary N) is 1. The van der Waals surface area contributed by atoms with Gasteiger partial charge in [-0.25, -0.2) is 0 Å². The van der Waals surface area contributed by atoms with Gasteiger partial charge in [0, 0.05) is 13.7 Å². The monoisotopic (exact) mass is 229 g/mol. The summed E-state index contributed by atoms with van der Waals surface area (Å²) in [6.07, 6.45) is 2.86. The molecule has 5 nitrogen and oxygen atoms in total. The molecule has 1 heterocycles. The van der Waals surface area contributed by atoms with E-state index >= 15 is 0 Å². The van der Waals surface area contributed by atoms with Crippen LogP contribution >= 0.6 is 11.6 Å². The standard InChI is InChI=1S/C9H12ClN3O2/c1-15-6-8(10)5-11-9(14)7-2-3-12-13-4-7/h2-4,8H,5-6H2,1H3,(H,11,14). The molecule has 0 bridgehead atoms. The van der Waals surface area contributed by atoms with Crippen LogP contribution in [0.2, 0.25) is 0 Å². The van der Waals surface area contributed by atoms with Gasteiger partial charge in [0.15, 0.2) is 0 Å². The number of amides is 1. The van der Waals surface area contributed by atoms with Crippen LogP contribution in [0.25, 0.3) is 0 Å². The Kier molecular flexibility index (Phi) is 5.00. The van der Waals surface area contributed by atoms with Crippen LogP contribution in [0.5, 0.6) is 0 Å². The van der Waals surface area contributed by atoms with E-state index in [0.717, 1.165) is 0 Å². The van der Waals surface area contributed by atoms with Crippen LogP contribution in [0.15, 0.2) is 18.5 Å². The van der Waals surface area contributed by atoms with Gasteiger partial charge in [0.1, 0.15) is 0 Å². The number of carbonyl (C=O) groups excluding carboxylic acids is 1. The second kappa shape index (κ2) is 6.31. The summed E-state index contributed by atoms with van der Waals surface area (Å²) in [5.41, 5.74) is 0.464. The summed E-state index contributed by atoms with van der Waals surface area (Å²) < 4.78 is 4.84. The van der Waals surface area contributed by atoms with E-state index in [2.05, 4.69) is 15.5 Å². The van der Waals surface area contributed by atoms with Crippen LogP contribution in [-0.4, -0.2) is 41.7 Å². The highest BCUT2D eigenvalue weighted by atomic mass is 35.5. The Balaban J connectivity index is 2.37. The van der Waals surface area contributed by atoms with E-state index in [1.165, 1.54) is 12.4 Å². The molecular formula is C9H12ClN3O2. The summed E-state index contributed by atoms with van der Waals surface area (Å²) in [6.45, 7) is 0.757. The minimum atomic E-state index is -0.228. The van der Waals surface area contributed by atoms with Crippen LogP contribution in [0.3, 0.4) is 0 Å². The van der Waals surface area contributed by atoms with Gasteiger partial charge in [-0.15, -0.1) is 11.6 Å². The number of nitrogens with zero attached hydrogens (tertiary/aromatic N) is 2. The molecule has 0 saturated heterocycles. The van der Waals surface area contributed by atoms with Crippen LogP contribution in [0.4, 0.5) is 0 Å². The Labute approximate surface area is 92.8 Å². The van der Waals surface area contributed by atoms with E-state index in [1.54, 1.807) is 13.2 Å². The lowest BCUT2D eigenvalue weighted by molar-refractivity contribution is 0.0948. The molecule has 6 heteroatoms. The second-order valence-electron chi connectivity index (χ2n) is 2.89. The number of hydrogen-bond donors (Lipinski definition) is 1. The van der Waals surface area contributed by atoms with Crippen LogP contribution < -0.4 is 5.32 Å². The third-order valence-electron chi connectivity index (χ3n) is 1.68. The molecule has 1 atom stereocenters. The maximum absolute atomic E-state index is 11.5. The van der Waals surface area contributed by atoms with Crippen LogP contribution in [0.1, 0.15) is 10.4 Å². The lowest BCUT2D eigenvalue weighted by Gasteiger charge is -2.09. The molecule has 0 aliphatic heterocycles. The Bertz CT molecular complexity index is 307. The predicted molar refractivity (Wildman–Crippen MR) is 55.9 cm³/mol. The first-order valence-corrected chi connectivity index (χ1v) is 4.85. The SMILES string of the molecule is COCC(Cl)CNC(=O)c1ccnnc1. The van der Waals surface area contributed by atoms with Crippen molar-refractivity contribution in [3.63, 3.8) is 0 Å². The number of halogens is 1. The summed E-state index contributed by atoms with van der Waals surface area (Å²) in [6, 6.07) is 1.59. The Morgan fingerprint density at radius 1 is 1.67 bits per heavy atom. The molecule has 0 aliphatic rings. The van der Waals surface area contributed by atoms with E-state index in [1.807, 2.05) is 0 Å². The smallest absolute Gasteiger partial charge is 0.253 e. The molecule has 1 amide bonds. The molecule has 0 aromatic carbocycles. The topological polar surface area (TPSA) is 64.1 Å². The number of hydrogen-bond acceptors (Lipinski definition) is 4. The van der Waals surface area contributed by atoms with Crippen molar-refractivity contribution >= 4 is 17.5 Å². The molecule has 1 unspecified atom stereocenters. The number of ether oxygens (including phenoxy) is 1. The zero-order valence-electron chi connectivity index (χ0n) is 8.31.